The molecule has 0 fully saturated rings. The van der Waals surface area contributed by atoms with Crippen LogP contribution in [0.25, 0.3) is 0 Å². The number of halogens is 4. The van der Waals surface area contributed by atoms with Gasteiger partial charge >= 0.3 is 6.18 Å². The SMILES string of the molecule is CNC(c1ccccc1F)C(C)CN(C)CCC(F)(F)F. The lowest BCUT2D eigenvalue weighted by atomic mass is 9.93. The molecule has 21 heavy (non-hydrogen) atoms. The Morgan fingerprint density at radius 2 is 1.86 bits per heavy atom. The van der Waals surface area contributed by atoms with Gasteiger partial charge in [-0.15, -0.1) is 0 Å². The Balaban J connectivity index is 2.64. The quantitative estimate of drug-likeness (QED) is 0.774. The molecule has 0 heterocycles. The van der Waals surface area contributed by atoms with Crippen LogP contribution in [0.5, 0.6) is 0 Å². The topological polar surface area (TPSA) is 15.3 Å². The predicted octanol–water partition coefficient (Wildman–Crippen LogP) is 3.61. The molecule has 0 saturated carbocycles. The number of hydrogen-bond acceptors (Lipinski definition) is 2. The summed E-state index contributed by atoms with van der Waals surface area (Å²) < 4.78 is 50.4. The van der Waals surface area contributed by atoms with Gasteiger partial charge in [-0.25, -0.2) is 4.39 Å². The zero-order valence-corrected chi connectivity index (χ0v) is 12.5. The smallest absolute Gasteiger partial charge is 0.313 e. The second-order valence-corrected chi connectivity index (χ2v) is 5.39. The lowest BCUT2D eigenvalue weighted by Gasteiger charge is -2.28. The predicted molar refractivity (Wildman–Crippen MR) is 75.5 cm³/mol. The molecule has 1 aromatic carbocycles. The minimum atomic E-state index is -4.15. The molecule has 0 bridgehead atoms. The summed E-state index contributed by atoms with van der Waals surface area (Å²) in [5.74, 6) is -0.327. The van der Waals surface area contributed by atoms with Crippen LogP contribution in [-0.2, 0) is 0 Å². The van der Waals surface area contributed by atoms with E-state index in [0.717, 1.165) is 0 Å². The second-order valence-electron chi connectivity index (χ2n) is 5.39. The van der Waals surface area contributed by atoms with Gasteiger partial charge in [0.05, 0.1) is 6.42 Å². The number of alkyl halides is 3. The van der Waals surface area contributed by atoms with Gasteiger partial charge in [0.15, 0.2) is 0 Å². The van der Waals surface area contributed by atoms with Crippen molar-refractivity contribution in [3.63, 3.8) is 0 Å². The van der Waals surface area contributed by atoms with E-state index in [2.05, 4.69) is 5.32 Å². The molecule has 0 aromatic heterocycles. The van der Waals surface area contributed by atoms with E-state index in [0.29, 0.717) is 12.1 Å². The van der Waals surface area contributed by atoms with Gasteiger partial charge < -0.3 is 10.2 Å². The average molecular weight is 306 g/mol. The van der Waals surface area contributed by atoms with E-state index in [9.17, 15) is 17.6 Å². The van der Waals surface area contributed by atoms with Crippen LogP contribution in [0.15, 0.2) is 24.3 Å². The third kappa shape index (κ3) is 6.01. The van der Waals surface area contributed by atoms with Crippen LogP contribution < -0.4 is 5.32 Å². The summed E-state index contributed by atoms with van der Waals surface area (Å²) in [4.78, 5) is 1.63. The average Bonchev–Trinajstić information content (AvgIpc) is 2.38. The van der Waals surface area contributed by atoms with Gasteiger partial charge in [0, 0.05) is 24.7 Å². The lowest BCUT2D eigenvalue weighted by molar-refractivity contribution is -0.137. The monoisotopic (exact) mass is 306 g/mol. The highest BCUT2D eigenvalue weighted by molar-refractivity contribution is 5.21. The zero-order chi connectivity index (χ0) is 16.0. The molecule has 0 aliphatic rings. The molecular weight excluding hydrogens is 284 g/mol. The van der Waals surface area contributed by atoms with Gasteiger partial charge in [-0.05, 0) is 26.1 Å². The van der Waals surface area contributed by atoms with Crippen molar-refractivity contribution in [3.05, 3.63) is 35.6 Å². The van der Waals surface area contributed by atoms with Gasteiger partial charge in [-0.2, -0.15) is 13.2 Å². The molecule has 2 nitrogen and oxygen atoms in total. The first-order chi connectivity index (χ1) is 9.74. The molecular formula is C15H22F4N2. The van der Waals surface area contributed by atoms with Gasteiger partial charge in [0.25, 0.3) is 0 Å². The van der Waals surface area contributed by atoms with Gasteiger partial charge in [-0.3, -0.25) is 0 Å². The van der Waals surface area contributed by atoms with E-state index >= 15 is 0 Å². The van der Waals surface area contributed by atoms with Gasteiger partial charge in [-0.1, -0.05) is 25.1 Å². The Morgan fingerprint density at radius 1 is 1.24 bits per heavy atom. The molecule has 1 N–H and O–H groups in total. The zero-order valence-electron chi connectivity index (χ0n) is 12.5. The molecule has 0 radical (unpaired) electrons. The number of nitrogens with zero attached hydrogens (tertiary/aromatic N) is 1. The normalized spacial score (nSPS) is 15.2. The third-order valence-corrected chi connectivity index (χ3v) is 3.50. The number of rotatable bonds is 7. The molecule has 1 aromatic rings. The minimum absolute atomic E-state index is 0.0230. The summed E-state index contributed by atoms with van der Waals surface area (Å²) in [7, 11) is 3.37. The van der Waals surface area contributed by atoms with Crippen LogP contribution in [0, 0.1) is 11.7 Å². The summed E-state index contributed by atoms with van der Waals surface area (Å²) >= 11 is 0. The first kappa shape index (κ1) is 17.9. The first-order valence-corrected chi connectivity index (χ1v) is 6.91. The Morgan fingerprint density at radius 3 is 2.38 bits per heavy atom. The highest BCUT2D eigenvalue weighted by Crippen LogP contribution is 2.25. The highest BCUT2D eigenvalue weighted by Gasteiger charge is 2.28. The van der Waals surface area contributed by atoms with Crippen LogP contribution in [0.3, 0.4) is 0 Å². The molecule has 6 heteroatoms. The maximum absolute atomic E-state index is 13.8. The molecule has 0 aliphatic carbocycles. The Hall–Kier alpha value is -1.14. The number of benzene rings is 1. The maximum Gasteiger partial charge on any atom is 0.390 e. The van der Waals surface area contributed by atoms with Crippen molar-refractivity contribution in [2.24, 2.45) is 5.92 Å². The van der Waals surface area contributed by atoms with Crippen LogP contribution in [0.4, 0.5) is 17.6 Å². The van der Waals surface area contributed by atoms with Crippen molar-refractivity contribution in [1.29, 1.82) is 0 Å². The number of hydrogen-bond donors (Lipinski definition) is 1. The first-order valence-electron chi connectivity index (χ1n) is 6.91. The summed E-state index contributed by atoms with van der Waals surface area (Å²) in [6, 6.07) is 6.22. The third-order valence-electron chi connectivity index (χ3n) is 3.50. The molecule has 0 amide bonds. The highest BCUT2D eigenvalue weighted by atomic mass is 19.4. The standard InChI is InChI=1S/C15H22F4N2/c1-11(10-21(3)9-8-15(17,18)19)14(20-2)12-6-4-5-7-13(12)16/h4-7,11,14,20H,8-10H2,1-3H3. The summed E-state index contributed by atoms with van der Waals surface area (Å²) in [5, 5.41) is 3.05. The van der Waals surface area contributed by atoms with Crippen molar-refractivity contribution in [3.8, 4) is 0 Å². The molecule has 1 rings (SSSR count). The fraction of sp³-hybridized carbons (Fsp3) is 0.600. The Labute approximate surface area is 123 Å². The summed E-state index contributed by atoms with van der Waals surface area (Å²) in [6.45, 7) is 2.30. The molecule has 0 aliphatic heterocycles. The molecule has 0 saturated heterocycles. The molecule has 120 valence electrons. The van der Waals surface area contributed by atoms with Gasteiger partial charge in [0.2, 0.25) is 0 Å². The lowest BCUT2D eigenvalue weighted by Crippen LogP contribution is -2.34. The Kier molecular flexibility index (Phi) is 6.61. The summed E-state index contributed by atoms with van der Waals surface area (Å²) in [5.41, 5.74) is 0.539. The number of nitrogens with one attached hydrogen (secondary N) is 1. The summed E-state index contributed by atoms with van der Waals surface area (Å²) in [6.07, 6.45) is -4.98. The van der Waals surface area contributed by atoms with Crippen LogP contribution in [-0.4, -0.2) is 38.3 Å². The maximum atomic E-state index is 13.8. The van der Waals surface area contributed by atoms with Crippen molar-refractivity contribution < 1.29 is 17.6 Å². The molecule has 0 spiro atoms. The van der Waals surface area contributed by atoms with E-state index in [-0.39, 0.29) is 24.3 Å². The van der Waals surface area contributed by atoms with E-state index in [1.807, 2.05) is 6.92 Å². The van der Waals surface area contributed by atoms with Crippen LogP contribution in [0.1, 0.15) is 24.9 Å². The van der Waals surface area contributed by atoms with E-state index in [1.165, 1.54) is 6.07 Å². The molecule has 2 unspecified atom stereocenters. The van der Waals surface area contributed by atoms with Crippen molar-refractivity contribution >= 4 is 0 Å². The Bertz CT molecular complexity index is 434. The van der Waals surface area contributed by atoms with Crippen molar-refractivity contribution in [2.45, 2.75) is 25.6 Å². The second kappa shape index (κ2) is 7.75. The van der Waals surface area contributed by atoms with E-state index in [1.54, 1.807) is 37.2 Å². The van der Waals surface area contributed by atoms with E-state index in [4.69, 9.17) is 0 Å². The van der Waals surface area contributed by atoms with Crippen LogP contribution in [0.2, 0.25) is 0 Å². The fourth-order valence-corrected chi connectivity index (χ4v) is 2.48. The fourth-order valence-electron chi connectivity index (χ4n) is 2.48. The van der Waals surface area contributed by atoms with Crippen molar-refractivity contribution in [1.82, 2.24) is 10.2 Å². The van der Waals surface area contributed by atoms with Gasteiger partial charge in [0.1, 0.15) is 5.82 Å². The molecule has 2 atom stereocenters. The van der Waals surface area contributed by atoms with Crippen molar-refractivity contribution in [2.75, 3.05) is 27.2 Å². The minimum Gasteiger partial charge on any atom is -0.313 e. The van der Waals surface area contributed by atoms with E-state index < -0.39 is 12.6 Å². The van der Waals surface area contributed by atoms with Crippen LogP contribution >= 0.6 is 0 Å². The largest absolute Gasteiger partial charge is 0.390 e.